The number of amidine groups is 1. The molecule has 0 aliphatic heterocycles. The lowest BCUT2D eigenvalue weighted by Gasteiger charge is -2.19. The molecule has 0 saturated carbocycles. The number of rotatable bonds is 5. The standard InChI is InChI=1S/C25H26N4O2.ClH/c1-25(2,3)18-13-11-16(12-14-18)23(30)29-21-10-5-4-9-20(21)24(31)28-19-8-6-7-17(15-19)22(26)27;/h4-15H,1-3H3,(H3,26,27)(H,28,31)(H,29,30);1H. The number of amides is 2. The van der Waals surface area contributed by atoms with Crippen LogP contribution in [0.2, 0.25) is 0 Å². The first-order valence-corrected chi connectivity index (χ1v) is 9.92. The van der Waals surface area contributed by atoms with Gasteiger partial charge in [-0.3, -0.25) is 15.0 Å². The molecule has 0 aliphatic carbocycles. The van der Waals surface area contributed by atoms with Crippen molar-refractivity contribution in [3.63, 3.8) is 0 Å². The maximum atomic E-state index is 12.8. The molecule has 3 rings (SSSR count). The third-order valence-electron chi connectivity index (χ3n) is 4.86. The predicted molar refractivity (Wildman–Crippen MR) is 132 cm³/mol. The van der Waals surface area contributed by atoms with Crippen LogP contribution in [0.4, 0.5) is 11.4 Å². The number of hydrogen-bond donors (Lipinski definition) is 4. The van der Waals surface area contributed by atoms with Crippen LogP contribution in [-0.4, -0.2) is 17.6 Å². The van der Waals surface area contributed by atoms with Crippen molar-refractivity contribution in [1.82, 2.24) is 0 Å². The lowest BCUT2D eigenvalue weighted by Crippen LogP contribution is -2.19. The Morgan fingerprint density at radius 1 is 0.812 bits per heavy atom. The van der Waals surface area contributed by atoms with Crippen LogP contribution in [0.3, 0.4) is 0 Å². The first kappa shape index (κ1) is 24.6. The molecule has 0 radical (unpaired) electrons. The van der Waals surface area contributed by atoms with Gasteiger partial charge in [-0.2, -0.15) is 0 Å². The number of para-hydroxylation sites is 1. The third-order valence-corrected chi connectivity index (χ3v) is 4.86. The Kier molecular flexibility index (Phi) is 7.78. The molecule has 0 unspecified atom stereocenters. The molecular formula is C25H27ClN4O2. The number of nitrogens with two attached hydrogens (primary N) is 1. The second-order valence-corrected chi connectivity index (χ2v) is 8.28. The van der Waals surface area contributed by atoms with E-state index < -0.39 is 0 Å². The lowest BCUT2D eigenvalue weighted by molar-refractivity contribution is 0.102. The number of halogens is 1. The SMILES string of the molecule is CC(C)(C)c1ccc(C(=O)Nc2ccccc2C(=O)Nc2cccc(C(=N)N)c2)cc1.Cl. The molecule has 0 bridgehead atoms. The highest BCUT2D eigenvalue weighted by Gasteiger charge is 2.17. The summed E-state index contributed by atoms with van der Waals surface area (Å²) >= 11 is 0. The van der Waals surface area contributed by atoms with Crippen LogP contribution < -0.4 is 16.4 Å². The summed E-state index contributed by atoms with van der Waals surface area (Å²) in [6.07, 6.45) is 0. The molecule has 0 fully saturated rings. The van der Waals surface area contributed by atoms with E-state index in [4.69, 9.17) is 11.1 Å². The number of nitrogen functional groups attached to an aromatic ring is 1. The molecule has 0 atom stereocenters. The van der Waals surface area contributed by atoms with E-state index in [2.05, 4.69) is 31.4 Å². The maximum Gasteiger partial charge on any atom is 0.257 e. The summed E-state index contributed by atoms with van der Waals surface area (Å²) in [7, 11) is 0. The van der Waals surface area contributed by atoms with Gasteiger partial charge in [0.15, 0.2) is 0 Å². The van der Waals surface area contributed by atoms with Crippen LogP contribution in [0.15, 0.2) is 72.8 Å². The second kappa shape index (κ2) is 10.1. The van der Waals surface area contributed by atoms with Crippen LogP contribution in [0.1, 0.15) is 52.6 Å². The van der Waals surface area contributed by atoms with E-state index >= 15 is 0 Å². The highest BCUT2D eigenvalue weighted by atomic mass is 35.5. The number of carbonyl (C=O) groups is 2. The minimum absolute atomic E-state index is 0. The van der Waals surface area contributed by atoms with E-state index in [1.165, 1.54) is 0 Å². The molecule has 0 heterocycles. The van der Waals surface area contributed by atoms with Gasteiger partial charge in [-0.1, -0.05) is 57.2 Å². The summed E-state index contributed by atoms with van der Waals surface area (Å²) in [6, 6.07) is 21.0. The quantitative estimate of drug-likeness (QED) is 0.317. The molecule has 32 heavy (non-hydrogen) atoms. The van der Waals surface area contributed by atoms with Gasteiger partial charge in [0.05, 0.1) is 11.3 Å². The van der Waals surface area contributed by atoms with Gasteiger partial charge in [0, 0.05) is 16.8 Å². The van der Waals surface area contributed by atoms with E-state index in [-0.39, 0.29) is 35.5 Å². The first-order valence-electron chi connectivity index (χ1n) is 9.92. The molecule has 6 nitrogen and oxygen atoms in total. The van der Waals surface area contributed by atoms with Crippen LogP contribution in [-0.2, 0) is 5.41 Å². The van der Waals surface area contributed by atoms with Crippen molar-refractivity contribution in [2.24, 2.45) is 5.73 Å². The summed E-state index contributed by atoms with van der Waals surface area (Å²) in [6.45, 7) is 6.34. The number of benzene rings is 3. The van der Waals surface area contributed by atoms with Crippen molar-refractivity contribution in [1.29, 1.82) is 5.41 Å². The summed E-state index contributed by atoms with van der Waals surface area (Å²) in [5, 5.41) is 13.2. The molecule has 0 saturated heterocycles. The van der Waals surface area contributed by atoms with Crippen LogP contribution in [0.5, 0.6) is 0 Å². The highest BCUT2D eigenvalue weighted by molar-refractivity contribution is 6.12. The van der Waals surface area contributed by atoms with Gasteiger partial charge >= 0.3 is 0 Å². The molecule has 3 aromatic carbocycles. The van der Waals surface area contributed by atoms with Gasteiger partial charge in [0.25, 0.3) is 11.8 Å². The van der Waals surface area contributed by atoms with Crippen molar-refractivity contribution >= 4 is 41.4 Å². The highest BCUT2D eigenvalue weighted by Crippen LogP contribution is 2.23. The van der Waals surface area contributed by atoms with Crippen molar-refractivity contribution in [3.05, 3.63) is 95.1 Å². The smallest absolute Gasteiger partial charge is 0.257 e. The van der Waals surface area contributed by atoms with E-state index in [1.807, 2.05) is 12.1 Å². The normalized spacial score (nSPS) is 10.6. The van der Waals surface area contributed by atoms with E-state index in [0.717, 1.165) is 5.56 Å². The Bertz CT molecular complexity index is 1140. The summed E-state index contributed by atoms with van der Waals surface area (Å²) in [5.41, 5.74) is 8.92. The minimum Gasteiger partial charge on any atom is -0.384 e. The third kappa shape index (κ3) is 5.95. The Morgan fingerprint density at radius 3 is 2.09 bits per heavy atom. The monoisotopic (exact) mass is 450 g/mol. The van der Waals surface area contributed by atoms with Gasteiger partial charge in [0.2, 0.25) is 0 Å². The number of hydrogen-bond acceptors (Lipinski definition) is 3. The Balaban J connectivity index is 0.00000363. The van der Waals surface area contributed by atoms with E-state index in [9.17, 15) is 9.59 Å². The summed E-state index contributed by atoms with van der Waals surface area (Å²) < 4.78 is 0. The molecule has 0 aromatic heterocycles. The summed E-state index contributed by atoms with van der Waals surface area (Å²) in [4.78, 5) is 25.6. The van der Waals surface area contributed by atoms with Crippen LogP contribution in [0.25, 0.3) is 0 Å². The zero-order valence-corrected chi connectivity index (χ0v) is 19.0. The lowest BCUT2D eigenvalue weighted by atomic mass is 9.86. The van der Waals surface area contributed by atoms with Crippen molar-refractivity contribution in [3.8, 4) is 0 Å². The number of carbonyl (C=O) groups excluding carboxylic acids is 2. The second-order valence-electron chi connectivity index (χ2n) is 8.28. The van der Waals surface area contributed by atoms with Gasteiger partial charge in [0.1, 0.15) is 5.84 Å². The van der Waals surface area contributed by atoms with Gasteiger partial charge < -0.3 is 16.4 Å². The molecule has 5 N–H and O–H groups in total. The largest absolute Gasteiger partial charge is 0.384 e. The fourth-order valence-electron chi connectivity index (χ4n) is 3.07. The van der Waals surface area contributed by atoms with Crippen molar-refractivity contribution in [2.45, 2.75) is 26.2 Å². The zero-order valence-electron chi connectivity index (χ0n) is 18.2. The molecule has 7 heteroatoms. The van der Waals surface area contributed by atoms with Crippen molar-refractivity contribution < 1.29 is 9.59 Å². The molecule has 2 amide bonds. The number of nitrogens with one attached hydrogen (secondary N) is 3. The average molecular weight is 451 g/mol. The fourth-order valence-corrected chi connectivity index (χ4v) is 3.07. The Labute approximate surface area is 194 Å². The molecule has 0 aliphatic rings. The number of anilines is 2. The Hall–Kier alpha value is -3.64. The fraction of sp³-hybridized carbons (Fsp3) is 0.160. The van der Waals surface area contributed by atoms with Gasteiger partial charge in [-0.25, -0.2) is 0 Å². The van der Waals surface area contributed by atoms with Gasteiger partial charge in [-0.05, 0) is 47.4 Å². The van der Waals surface area contributed by atoms with Crippen molar-refractivity contribution in [2.75, 3.05) is 10.6 Å². The van der Waals surface area contributed by atoms with E-state index in [0.29, 0.717) is 28.1 Å². The average Bonchev–Trinajstić information content (AvgIpc) is 2.73. The first-order chi connectivity index (χ1) is 14.6. The zero-order chi connectivity index (χ0) is 22.6. The Morgan fingerprint density at radius 2 is 1.47 bits per heavy atom. The maximum absolute atomic E-state index is 12.8. The van der Waals surface area contributed by atoms with Crippen LogP contribution >= 0.6 is 12.4 Å². The van der Waals surface area contributed by atoms with Gasteiger partial charge in [-0.15, -0.1) is 12.4 Å². The van der Waals surface area contributed by atoms with Crippen LogP contribution in [0, 0.1) is 5.41 Å². The minimum atomic E-state index is -0.375. The molecule has 0 spiro atoms. The molecular weight excluding hydrogens is 424 g/mol. The van der Waals surface area contributed by atoms with E-state index in [1.54, 1.807) is 60.7 Å². The molecule has 3 aromatic rings. The molecule has 166 valence electrons. The predicted octanol–water partition coefficient (Wildman–Crippen LogP) is 5.19. The summed E-state index contributed by atoms with van der Waals surface area (Å²) in [5.74, 6) is -0.750. The topological polar surface area (TPSA) is 108 Å².